The lowest BCUT2D eigenvalue weighted by Crippen LogP contribution is -2.03. The Morgan fingerprint density at radius 1 is 1.04 bits per heavy atom. The molecule has 0 radical (unpaired) electrons. The highest BCUT2D eigenvalue weighted by atomic mass is 19.1. The van der Waals surface area contributed by atoms with Crippen LogP contribution in [0.4, 0.5) is 8.78 Å². The van der Waals surface area contributed by atoms with Crippen LogP contribution in [0, 0.1) is 25.5 Å². The summed E-state index contributed by atoms with van der Waals surface area (Å²) in [6.45, 7) is 11.9. The van der Waals surface area contributed by atoms with E-state index < -0.39 is 11.6 Å². The third-order valence-corrected chi connectivity index (χ3v) is 3.74. The fraction of sp³-hybridized carbons (Fsp3) is 0.400. The number of hydrogen-bond donors (Lipinski definition) is 0. The molecule has 0 N–H and O–H groups in total. The fourth-order valence-electron chi connectivity index (χ4n) is 2.84. The Labute approximate surface area is 147 Å². The number of pyridine rings is 1. The Morgan fingerprint density at radius 3 is 2.28 bits per heavy atom. The van der Waals surface area contributed by atoms with Crippen LogP contribution < -0.4 is 0 Å². The molecule has 0 aliphatic heterocycles. The van der Waals surface area contributed by atoms with Gasteiger partial charge in [0.25, 0.3) is 0 Å². The predicted octanol–water partition coefficient (Wildman–Crippen LogP) is 5.99. The number of nitrogens with zero attached hydrogens (tertiary/aromatic N) is 3. The van der Waals surface area contributed by atoms with E-state index >= 15 is 0 Å². The number of hydrogen-bond acceptors (Lipinski definition) is 2. The van der Waals surface area contributed by atoms with Crippen LogP contribution in [-0.4, -0.2) is 14.5 Å². The molecule has 1 aromatic carbocycles. The van der Waals surface area contributed by atoms with Gasteiger partial charge in [-0.25, -0.2) is 13.8 Å². The summed E-state index contributed by atoms with van der Waals surface area (Å²) in [6.07, 6.45) is 2.41. The van der Waals surface area contributed by atoms with Crippen LogP contribution in [0.3, 0.4) is 0 Å². The molecule has 0 aliphatic rings. The van der Waals surface area contributed by atoms with Crippen LogP contribution in [0.15, 0.2) is 24.4 Å². The second-order valence-corrected chi connectivity index (χ2v) is 6.46. The van der Waals surface area contributed by atoms with Gasteiger partial charge in [0.2, 0.25) is 0 Å². The first kappa shape index (κ1) is 19.0. The van der Waals surface area contributed by atoms with E-state index in [1.54, 1.807) is 19.1 Å². The van der Waals surface area contributed by atoms with Crippen molar-refractivity contribution in [2.45, 2.75) is 54.0 Å². The Morgan fingerprint density at radius 2 is 1.68 bits per heavy atom. The molecule has 0 spiro atoms. The molecule has 3 nitrogen and oxygen atoms in total. The van der Waals surface area contributed by atoms with Crippen LogP contribution >= 0.6 is 0 Å². The summed E-state index contributed by atoms with van der Waals surface area (Å²) in [7, 11) is 0. The summed E-state index contributed by atoms with van der Waals surface area (Å²) in [6, 6.07) is 4.88. The maximum Gasteiger partial charge on any atom is 0.151 e. The second kappa shape index (κ2) is 7.72. The standard InChI is InChI=1S/C17H17F2N3.C3H8/c1-9(2)22-11(4)21-17-14(18)6-12(7-16(17)22)13-5-10(3)20-8-15(13)19;1-3-2/h5-9H,1-4H3;3H2,1-2H3. The van der Waals surface area contributed by atoms with Gasteiger partial charge >= 0.3 is 0 Å². The number of aryl methyl sites for hydroxylation is 2. The number of benzene rings is 1. The molecular formula is C20H25F2N3. The molecule has 3 aromatic rings. The molecule has 0 bridgehead atoms. The van der Waals surface area contributed by atoms with E-state index in [2.05, 4.69) is 23.8 Å². The number of halogens is 2. The zero-order valence-corrected chi connectivity index (χ0v) is 15.7. The Balaban J connectivity index is 0.000000701. The van der Waals surface area contributed by atoms with E-state index in [9.17, 15) is 8.78 Å². The quantitative estimate of drug-likeness (QED) is 0.571. The number of imidazole rings is 1. The van der Waals surface area contributed by atoms with Crippen molar-refractivity contribution in [3.63, 3.8) is 0 Å². The topological polar surface area (TPSA) is 30.7 Å². The predicted molar refractivity (Wildman–Crippen MR) is 98.7 cm³/mol. The van der Waals surface area contributed by atoms with Gasteiger partial charge in [-0.15, -0.1) is 0 Å². The van der Waals surface area contributed by atoms with E-state index in [4.69, 9.17) is 0 Å². The van der Waals surface area contributed by atoms with Crippen molar-refractivity contribution in [2.24, 2.45) is 0 Å². The van der Waals surface area contributed by atoms with Gasteiger partial charge in [-0.3, -0.25) is 4.98 Å². The van der Waals surface area contributed by atoms with Crippen molar-refractivity contribution >= 4 is 11.0 Å². The molecule has 0 saturated carbocycles. The minimum Gasteiger partial charge on any atom is -0.326 e. The number of fused-ring (bicyclic) bond motifs is 1. The van der Waals surface area contributed by atoms with Crippen LogP contribution in [-0.2, 0) is 0 Å². The number of aromatic nitrogens is 3. The van der Waals surface area contributed by atoms with Crippen molar-refractivity contribution in [1.29, 1.82) is 0 Å². The van der Waals surface area contributed by atoms with E-state index in [0.717, 1.165) is 12.0 Å². The average molecular weight is 345 g/mol. The molecule has 0 saturated heterocycles. The van der Waals surface area contributed by atoms with Gasteiger partial charge in [0.05, 0.1) is 11.7 Å². The maximum atomic E-state index is 14.4. The van der Waals surface area contributed by atoms with Crippen molar-refractivity contribution in [3.05, 3.63) is 47.5 Å². The zero-order chi connectivity index (χ0) is 18.7. The van der Waals surface area contributed by atoms with Gasteiger partial charge in [0.1, 0.15) is 17.2 Å². The third kappa shape index (κ3) is 3.86. The molecule has 3 rings (SSSR count). The van der Waals surface area contributed by atoms with Gasteiger partial charge in [0.15, 0.2) is 5.82 Å². The Bertz CT molecular complexity index is 882. The lowest BCUT2D eigenvalue weighted by atomic mass is 10.0. The number of rotatable bonds is 2. The molecule has 25 heavy (non-hydrogen) atoms. The molecule has 0 unspecified atom stereocenters. The summed E-state index contributed by atoms with van der Waals surface area (Å²) in [4.78, 5) is 8.20. The van der Waals surface area contributed by atoms with Crippen LogP contribution in [0.1, 0.15) is 51.7 Å². The lowest BCUT2D eigenvalue weighted by molar-refractivity contribution is 0.600. The van der Waals surface area contributed by atoms with Gasteiger partial charge < -0.3 is 4.57 Å². The van der Waals surface area contributed by atoms with Crippen LogP contribution in [0.25, 0.3) is 22.2 Å². The molecule has 0 fully saturated rings. The van der Waals surface area contributed by atoms with Crippen LogP contribution in [0.2, 0.25) is 0 Å². The molecule has 5 heteroatoms. The van der Waals surface area contributed by atoms with E-state index in [1.165, 1.54) is 12.5 Å². The Kier molecular flexibility index (Phi) is 5.88. The van der Waals surface area contributed by atoms with Crippen molar-refractivity contribution < 1.29 is 8.78 Å². The van der Waals surface area contributed by atoms with Crippen molar-refractivity contribution in [2.75, 3.05) is 0 Å². The summed E-state index contributed by atoms with van der Waals surface area (Å²) >= 11 is 0. The Hall–Kier alpha value is -2.30. The maximum absolute atomic E-state index is 14.4. The summed E-state index contributed by atoms with van der Waals surface area (Å²) in [5.74, 6) is -0.159. The highest BCUT2D eigenvalue weighted by Crippen LogP contribution is 2.30. The van der Waals surface area contributed by atoms with Gasteiger partial charge in [-0.05, 0) is 51.5 Å². The minimum absolute atomic E-state index is 0.142. The molecular weight excluding hydrogens is 320 g/mol. The second-order valence-electron chi connectivity index (χ2n) is 6.46. The first-order chi connectivity index (χ1) is 11.8. The highest BCUT2D eigenvalue weighted by molar-refractivity contribution is 5.83. The molecule has 0 atom stereocenters. The fourth-order valence-corrected chi connectivity index (χ4v) is 2.84. The van der Waals surface area contributed by atoms with Gasteiger partial charge in [-0.1, -0.05) is 20.3 Å². The minimum atomic E-state index is -0.461. The van der Waals surface area contributed by atoms with E-state index in [1.807, 2.05) is 25.3 Å². The smallest absolute Gasteiger partial charge is 0.151 e. The van der Waals surface area contributed by atoms with E-state index in [-0.39, 0.29) is 6.04 Å². The highest BCUT2D eigenvalue weighted by Gasteiger charge is 2.17. The zero-order valence-electron chi connectivity index (χ0n) is 15.7. The average Bonchev–Trinajstić information content (AvgIpc) is 2.87. The molecule has 0 aliphatic carbocycles. The normalized spacial score (nSPS) is 10.9. The van der Waals surface area contributed by atoms with Crippen molar-refractivity contribution in [1.82, 2.24) is 14.5 Å². The van der Waals surface area contributed by atoms with Gasteiger partial charge in [0, 0.05) is 17.3 Å². The summed E-state index contributed by atoms with van der Waals surface area (Å²) in [5, 5.41) is 0. The summed E-state index contributed by atoms with van der Waals surface area (Å²) in [5.41, 5.74) is 2.53. The first-order valence-electron chi connectivity index (χ1n) is 8.60. The largest absolute Gasteiger partial charge is 0.326 e. The molecule has 2 aromatic heterocycles. The monoisotopic (exact) mass is 345 g/mol. The molecule has 2 heterocycles. The first-order valence-corrected chi connectivity index (χ1v) is 8.60. The van der Waals surface area contributed by atoms with Crippen LogP contribution in [0.5, 0.6) is 0 Å². The van der Waals surface area contributed by atoms with E-state index in [0.29, 0.717) is 27.9 Å². The van der Waals surface area contributed by atoms with Crippen molar-refractivity contribution in [3.8, 4) is 11.1 Å². The third-order valence-electron chi connectivity index (χ3n) is 3.74. The SMILES string of the molecule is CCC.Cc1cc(-c2cc(F)c3nc(C)n(C(C)C)c3c2)c(F)cn1. The van der Waals surface area contributed by atoms with Gasteiger partial charge in [-0.2, -0.15) is 0 Å². The molecule has 0 amide bonds. The molecule has 134 valence electrons. The summed E-state index contributed by atoms with van der Waals surface area (Å²) < 4.78 is 30.4. The lowest BCUT2D eigenvalue weighted by Gasteiger charge is -2.12.